The fourth-order valence-corrected chi connectivity index (χ4v) is 1.87. The van der Waals surface area contributed by atoms with E-state index in [1.54, 1.807) is 0 Å². The van der Waals surface area contributed by atoms with Crippen molar-refractivity contribution < 1.29 is 8.78 Å². The van der Waals surface area contributed by atoms with Gasteiger partial charge in [0, 0.05) is 24.2 Å². The summed E-state index contributed by atoms with van der Waals surface area (Å²) in [5.41, 5.74) is 6.24. The van der Waals surface area contributed by atoms with Crippen LogP contribution < -0.4 is 5.73 Å². The molecule has 1 aromatic carbocycles. The maximum atomic E-state index is 13.4. The highest BCUT2D eigenvalue weighted by Gasteiger charge is 2.38. The molecule has 16 heavy (non-hydrogen) atoms. The Hall–Kier alpha value is -1.00. The zero-order valence-electron chi connectivity index (χ0n) is 9.34. The molecular formula is C12H16F2N2. The van der Waals surface area contributed by atoms with E-state index in [0.29, 0.717) is 12.1 Å². The Morgan fingerprint density at radius 3 is 2.69 bits per heavy atom. The second-order valence-corrected chi connectivity index (χ2v) is 4.77. The van der Waals surface area contributed by atoms with Crippen molar-refractivity contribution in [1.82, 2.24) is 4.90 Å². The predicted molar refractivity (Wildman–Crippen MR) is 58.8 cm³/mol. The molecule has 1 aliphatic rings. The molecule has 0 aliphatic heterocycles. The first-order valence-electron chi connectivity index (χ1n) is 5.40. The molecule has 2 N–H and O–H groups in total. The van der Waals surface area contributed by atoms with E-state index in [0.717, 1.165) is 31.5 Å². The monoisotopic (exact) mass is 226 g/mol. The van der Waals surface area contributed by atoms with E-state index in [2.05, 4.69) is 0 Å². The molecule has 0 amide bonds. The van der Waals surface area contributed by atoms with Gasteiger partial charge in [0.2, 0.25) is 0 Å². The summed E-state index contributed by atoms with van der Waals surface area (Å²) >= 11 is 0. The van der Waals surface area contributed by atoms with Gasteiger partial charge in [-0.2, -0.15) is 0 Å². The first kappa shape index (κ1) is 11.5. The quantitative estimate of drug-likeness (QED) is 0.849. The number of benzene rings is 1. The Kier molecular flexibility index (Phi) is 2.95. The van der Waals surface area contributed by atoms with E-state index in [1.807, 2.05) is 11.9 Å². The lowest BCUT2D eigenvalue weighted by Crippen LogP contribution is -2.36. The van der Waals surface area contributed by atoms with Crippen LogP contribution in [0.2, 0.25) is 0 Å². The molecule has 0 radical (unpaired) electrons. The molecule has 0 atom stereocenters. The third-order valence-corrected chi connectivity index (χ3v) is 2.93. The van der Waals surface area contributed by atoms with E-state index >= 15 is 0 Å². The minimum atomic E-state index is -0.404. The molecule has 0 unspecified atom stereocenters. The fraction of sp³-hybridized carbons (Fsp3) is 0.500. The van der Waals surface area contributed by atoms with Gasteiger partial charge in [0.05, 0.1) is 0 Å². The molecule has 0 spiro atoms. The first-order valence-corrected chi connectivity index (χ1v) is 5.40. The average molecular weight is 226 g/mol. The van der Waals surface area contributed by atoms with Gasteiger partial charge in [-0.1, -0.05) is 0 Å². The molecule has 1 saturated carbocycles. The van der Waals surface area contributed by atoms with Crippen molar-refractivity contribution in [2.45, 2.75) is 24.9 Å². The number of halogens is 2. The maximum Gasteiger partial charge on any atom is 0.127 e. The second-order valence-electron chi connectivity index (χ2n) is 4.77. The van der Waals surface area contributed by atoms with Crippen molar-refractivity contribution in [3.05, 3.63) is 35.4 Å². The predicted octanol–water partition coefficient (Wildman–Crippen LogP) is 1.89. The van der Waals surface area contributed by atoms with E-state index in [-0.39, 0.29) is 11.4 Å². The van der Waals surface area contributed by atoms with Crippen molar-refractivity contribution in [3.63, 3.8) is 0 Å². The van der Waals surface area contributed by atoms with E-state index < -0.39 is 5.82 Å². The molecule has 88 valence electrons. The number of hydrogen-bond acceptors (Lipinski definition) is 2. The summed E-state index contributed by atoms with van der Waals surface area (Å²) in [5, 5.41) is 0. The lowest BCUT2D eigenvalue weighted by Gasteiger charge is -2.20. The summed E-state index contributed by atoms with van der Waals surface area (Å²) in [5.74, 6) is -0.770. The molecule has 2 rings (SSSR count). The van der Waals surface area contributed by atoms with Gasteiger partial charge in [-0.25, -0.2) is 8.78 Å². The number of likely N-dealkylation sites (N-methyl/N-ethyl adjacent to an activating group) is 1. The molecule has 0 saturated heterocycles. The van der Waals surface area contributed by atoms with E-state index in [1.165, 1.54) is 6.07 Å². The van der Waals surface area contributed by atoms with Crippen molar-refractivity contribution in [1.29, 1.82) is 0 Å². The summed E-state index contributed by atoms with van der Waals surface area (Å²) in [7, 11) is 1.87. The molecule has 1 aliphatic carbocycles. The van der Waals surface area contributed by atoms with E-state index in [9.17, 15) is 8.78 Å². The van der Waals surface area contributed by atoms with Gasteiger partial charge in [-0.05, 0) is 38.1 Å². The van der Waals surface area contributed by atoms with Crippen LogP contribution in [0.25, 0.3) is 0 Å². The van der Waals surface area contributed by atoms with Crippen LogP contribution in [0.4, 0.5) is 8.78 Å². The molecule has 0 bridgehead atoms. The standard InChI is InChI=1S/C12H16F2N2/c1-16(8-12(15)4-5-12)7-9-6-10(13)2-3-11(9)14/h2-3,6H,4-5,7-8,15H2,1H3. The van der Waals surface area contributed by atoms with Crippen LogP contribution in [0.1, 0.15) is 18.4 Å². The van der Waals surface area contributed by atoms with E-state index in [4.69, 9.17) is 5.73 Å². The lowest BCUT2D eigenvalue weighted by molar-refractivity contribution is 0.291. The van der Waals surface area contributed by atoms with Crippen LogP contribution in [0.3, 0.4) is 0 Å². The van der Waals surface area contributed by atoms with Crippen LogP contribution in [0.5, 0.6) is 0 Å². The van der Waals surface area contributed by atoms with Gasteiger partial charge in [-0.3, -0.25) is 0 Å². The third-order valence-electron chi connectivity index (χ3n) is 2.93. The van der Waals surface area contributed by atoms with Gasteiger partial charge in [-0.15, -0.1) is 0 Å². The Bertz CT molecular complexity index is 389. The Morgan fingerprint density at radius 2 is 2.06 bits per heavy atom. The third kappa shape index (κ3) is 2.77. The van der Waals surface area contributed by atoms with Crippen LogP contribution in [-0.2, 0) is 6.54 Å². The van der Waals surface area contributed by atoms with Crippen LogP contribution >= 0.6 is 0 Å². The average Bonchev–Trinajstić information content (AvgIpc) is 2.89. The Balaban J connectivity index is 1.99. The zero-order valence-corrected chi connectivity index (χ0v) is 9.34. The van der Waals surface area contributed by atoms with Crippen LogP contribution in [0.15, 0.2) is 18.2 Å². The Morgan fingerprint density at radius 1 is 1.38 bits per heavy atom. The van der Waals surface area contributed by atoms with Gasteiger partial charge < -0.3 is 10.6 Å². The second kappa shape index (κ2) is 4.11. The minimum Gasteiger partial charge on any atom is -0.324 e. The zero-order chi connectivity index (χ0) is 11.8. The molecule has 2 nitrogen and oxygen atoms in total. The minimum absolute atomic E-state index is 0.0987. The molecular weight excluding hydrogens is 210 g/mol. The van der Waals surface area contributed by atoms with Crippen molar-refractivity contribution in [2.75, 3.05) is 13.6 Å². The largest absolute Gasteiger partial charge is 0.324 e. The van der Waals surface area contributed by atoms with Gasteiger partial charge in [0.1, 0.15) is 11.6 Å². The smallest absolute Gasteiger partial charge is 0.127 e. The number of hydrogen-bond donors (Lipinski definition) is 1. The highest BCUT2D eigenvalue weighted by Crippen LogP contribution is 2.32. The van der Waals surface area contributed by atoms with Crippen molar-refractivity contribution in [3.8, 4) is 0 Å². The SMILES string of the molecule is CN(Cc1cc(F)ccc1F)CC1(N)CC1. The highest BCUT2D eigenvalue weighted by molar-refractivity contribution is 5.18. The summed E-state index contributed by atoms with van der Waals surface area (Å²) in [6, 6.07) is 3.53. The normalized spacial score (nSPS) is 17.8. The lowest BCUT2D eigenvalue weighted by atomic mass is 10.2. The molecule has 4 heteroatoms. The summed E-state index contributed by atoms with van der Waals surface area (Å²) in [6.07, 6.45) is 2.03. The van der Waals surface area contributed by atoms with Crippen LogP contribution in [0, 0.1) is 11.6 Å². The van der Waals surface area contributed by atoms with Crippen LogP contribution in [-0.4, -0.2) is 24.0 Å². The Labute approximate surface area is 94.0 Å². The highest BCUT2D eigenvalue weighted by atomic mass is 19.1. The molecule has 0 heterocycles. The topological polar surface area (TPSA) is 29.3 Å². The van der Waals surface area contributed by atoms with Crippen molar-refractivity contribution in [2.24, 2.45) is 5.73 Å². The van der Waals surface area contributed by atoms with Crippen molar-refractivity contribution >= 4 is 0 Å². The molecule has 1 aromatic rings. The summed E-state index contributed by atoms with van der Waals surface area (Å²) in [4.78, 5) is 1.94. The number of rotatable bonds is 4. The number of nitrogens with zero attached hydrogens (tertiary/aromatic N) is 1. The fourth-order valence-electron chi connectivity index (χ4n) is 1.87. The number of nitrogens with two attached hydrogens (primary N) is 1. The molecule has 0 aromatic heterocycles. The summed E-state index contributed by atoms with van der Waals surface area (Å²) in [6.45, 7) is 1.12. The van der Waals surface area contributed by atoms with Gasteiger partial charge in [0.25, 0.3) is 0 Å². The van der Waals surface area contributed by atoms with Gasteiger partial charge >= 0.3 is 0 Å². The van der Waals surface area contributed by atoms with Gasteiger partial charge in [0.15, 0.2) is 0 Å². The molecule has 1 fully saturated rings. The maximum absolute atomic E-state index is 13.4. The summed E-state index contributed by atoms with van der Waals surface area (Å²) < 4.78 is 26.3. The first-order chi connectivity index (χ1) is 7.48.